The molecule has 0 unspecified atom stereocenters. The molecule has 0 saturated carbocycles. The fourth-order valence-electron chi connectivity index (χ4n) is 2.03. The van der Waals surface area contributed by atoms with Gasteiger partial charge in [0.05, 0.1) is 22.9 Å². The molecule has 0 spiro atoms. The molecule has 6 nitrogen and oxygen atoms in total. The van der Waals surface area contributed by atoms with Gasteiger partial charge in [-0.25, -0.2) is 8.42 Å². The highest BCUT2D eigenvalue weighted by molar-refractivity contribution is 7.93. The zero-order valence-electron chi connectivity index (χ0n) is 11.5. The Morgan fingerprint density at radius 3 is 2.80 bits per heavy atom. The van der Waals surface area contributed by atoms with Gasteiger partial charge in [0.1, 0.15) is 4.90 Å². The molecular weight excluding hydrogens is 298 g/mol. The first kappa shape index (κ1) is 15.0. The van der Waals surface area contributed by atoms with Crippen LogP contribution in [0.25, 0.3) is 0 Å². The molecule has 110 valence electrons. The van der Waals surface area contributed by atoms with Crippen LogP contribution in [0.15, 0.2) is 16.5 Å². The van der Waals surface area contributed by atoms with Crippen molar-refractivity contribution >= 4 is 27.0 Å². The van der Waals surface area contributed by atoms with Crippen molar-refractivity contribution in [2.24, 2.45) is 7.05 Å². The number of anilines is 1. The molecule has 2 rings (SSSR count). The Morgan fingerprint density at radius 1 is 1.50 bits per heavy atom. The van der Waals surface area contributed by atoms with Gasteiger partial charge < -0.3 is 5.11 Å². The lowest BCUT2D eigenvalue weighted by Crippen LogP contribution is -2.15. The molecule has 0 fully saturated rings. The highest BCUT2D eigenvalue weighted by Crippen LogP contribution is 2.29. The van der Waals surface area contributed by atoms with Gasteiger partial charge in [0, 0.05) is 13.2 Å². The monoisotopic (exact) mass is 315 g/mol. The van der Waals surface area contributed by atoms with Crippen LogP contribution in [-0.2, 0) is 30.1 Å². The van der Waals surface area contributed by atoms with Gasteiger partial charge in [-0.2, -0.15) is 5.10 Å². The highest BCUT2D eigenvalue weighted by atomic mass is 32.2. The standard InChI is InChI=1S/C12H17N3O3S2/c1-4-9-10(5-15(3)13-9)14-20(17,18)12-8(2)7-19-11(12)6-16/h5,7,14,16H,4,6H2,1-3H3. The number of nitrogens with zero attached hydrogens (tertiary/aromatic N) is 2. The minimum atomic E-state index is -3.72. The van der Waals surface area contributed by atoms with Crippen LogP contribution in [0.4, 0.5) is 5.69 Å². The number of aromatic nitrogens is 2. The minimum absolute atomic E-state index is 0.163. The fourth-order valence-corrected chi connectivity index (χ4v) is 4.77. The van der Waals surface area contributed by atoms with Gasteiger partial charge in [-0.1, -0.05) is 6.92 Å². The average Bonchev–Trinajstić information content (AvgIpc) is 2.91. The van der Waals surface area contributed by atoms with Gasteiger partial charge in [0.15, 0.2) is 0 Å². The smallest absolute Gasteiger partial charge is 0.263 e. The SMILES string of the molecule is CCc1nn(C)cc1NS(=O)(=O)c1c(C)csc1CO. The Hall–Kier alpha value is -1.38. The molecule has 2 aromatic heterocycles. The molecule has 0 aliphatic carbocycles. The van der Waals surface area contributed by atoms with E-state index in [4.69, 9.17) is 0 Å². The molecule has 0 atom stereocenters. The Balaban J connectivity index is 2.43. The molecule has 0 aliphatic heterocycles. The van der Waals surface area contributed by atoms with E-state index in [1.807, 2.05) is 6.92 Å². The number of hydrogen-bond donors (Lipinski definition) is 2. The average molecular weight is 315 g/mol. The summed E-state index contributed by atoms with van der Waals surface area (Å²) >= 11 is 1.24. The van der Waals surface area contributed by atoms with Crippen molar-refractivity contribution in [2.75, 3.05) is 4.72 Å². The van der Waals surface area contributed by atoms with Crippen molar-refractivity contribution in [2.45, 2.75) is 31.8 Å². The molecule has 0 aliphatic rings. The van der Waals surface area contributed by atoms with E-state index in [0.29, 0.717) is 28.2 Å². The number of nitrogens with one attached hydrogen (secondary N) is 1. The van der Waals surface area contributed by atoms with Crippen molar-refractivity contribution in [3.63, 3.8) is 0 Å². The van der Waals surface area contributed by atoms with E-state index < -0.39 is 10.0 Å². The van der Waals surface area contributed by atoms with Crippen molar-refractivity contribution in [3.8, 4) is 0 Å². The molecule has 0 aromatic carbocycles. The summed E-state index contributed by atoms with van der Waals surface area (Å²) < 4.78 is 29.1. The van der Waals surface area contributed by atoms with E-state index in [-0.39, 0.29) is 11.5 Å². The maximum atomic E-state index is 12.5. The first-order chi connectivity index (χ1) is 9.39. The van der Waals surface area contributed by atoms with Gasteiger partial charge in [0.2, 0.25) is 0 Å². The number of aryl methyl sites for hydroxylation is 3. The van der Waals surface area contributed by atoms with Crippen molar-refractivity contribution in [1.29, 1.82) is 0 Å². The van der Waals surface area contributed by atoms with E-state index in [9.17, 15) is 13.5 Å². The zero-order chi connectivity index (χ0) is 14.9. The van der Waals surface area contributed by atoms with E-state index in [1.165, 1.54) is 11.3 Å². The first-order valence-electron chi connectivity index (χ1n) is 6.12. The number of thiophene rings is 1. The van der Waals surface area contributed by atoms with E-state index in [2.05, 4.69) is 9.82 Å². The predicted octanol–water partition coefficient (Wildman–Crippen LogP) is 1.65. The lowest BCUT2D eigenvalue weighted by molar-refractivity contribution is 0.282. The summed E-state index contributed by atoms with van der Waals surface area (Å²) in [7, 11) is -1.97. The topological polar surface area (TPSA) is 84.2 Å². The van der Waals surface area contributed by atoms with E-state index in [1.54, 1.807) is 30.2 Å². The quantitative estimate of drug-likeness (QED) is 0.878. The molecule has 0 amide bonds. The summed E-state index contributed by atoms with van der Waals surface area (Å²) in [6, 6.07) is 0. The highest BCUT2D eigenvalue weighted by Gasteiger charge is 2.24. The van der Waals surface area contributed by atoms with Crippen LogP contribution in [-0.4, -0.2) is 23.3 Å². The van der Waals surface area contributed by atoms with Gasteiger partial charge in [-0.15, -0.1) is 11.3 Å². The second-order valence-electron chi connectivity index (χ2n) is 4.45. The van der Waals surface area contributed by atoms with Gasteiger partial charge in [-0.3, -0.25) is 9.40 Å². The molecule has 8 heteroatoms. The number of hydrogen-bond acceptors (Lipinski definition) is 5. The Kier molecular flexibility index (Phi) is 4.17. The predicted molar refractivity (Wildman–Crippen MR) is 78.4 cm³/mol. The molecule has 0 saturated heterocycles. The van der Waals surface area contributed by atoms with E-state index >= 15 is 0 Å². The molecule has 0 bridgehead atoms. The minimum Gasteiger partial charge on any atom is -0.391 e. The lowest BCUT2D eigenvalue weighted by atomic mass is 10.3. The number of sulfonamides is 1. The molecule has 2 heterocycles. The zero-order valence-corrected chi connectivity index (χ0v) is 13.2. The maximum absolute atomic E-state index is 12.5. The normalized spacial score (nSPS) is 11.8. The molecule has 0 radical (unpaired) electrons. The summed E-state index contributed by atoms with van der Waals surface area (Å²) in [5.74, 6) is 0. The third kappa shape index (κ3) is 2.72. The van der Waals surface area contributed by atoms with Crippen molar-refractivity contribution < 1.29 is 13.5 Å². The maximum Gasteiger partial charge on any atom is 0.263 e. The largest absolute Gasteiger partial charge is 0.391 e. The van der Waals surface area contributed by atoms with Crippen LogP contribution in [0.1, 0.15) is 23.1 Å². The molecule has 2 aromatic rings. The van der Waals surface area contributed by atoms with Crippen LogP contribution < -0.4 is 4.72 Å². The number of aliphatic hydroxyl groups excluding tert-OH is 1. The molecule has 20 heavy (non-hydrogen) atoms. The number of aliphatic hydroxyl groups is 1. The second-order valence-corrected chi connectivity index (χ2v) is 7.03. The van der Waals surface area contributed by atoms with Crippen molar-refractivity contribution in [1.82, 2.24) is 9.78 Å². The molecular formula is C12H17N3O3S2. The summed E-state index contributed by atoms with van der Waals surface area (Å²) in [5.41, 5.74) is 1.80. The van der Waals surface area contributed by atoms with Crippen LogP contribution in [0.2, 0.25) is 0 Å². The third-order valence-electron chi connectivity index (χ3n) is 2.89. The van der Waals surface area contributed by atoms with Gasteiger partial charge in [-0.05, 0) is 24.3 Å². The van der Waals surface area contributed by atoms with Crippen LogP contribution >= 0.6 is 11.3 Å². The third-order valence-corrected chi connectivity index (χ3v) is 5.70. The van der Waals surface area contributed by atoms with Crippen LogP contribution in [0.5, 0.6) is 0 Å². The molecule has 2 N–H and O–H groups in total. The number of rotatable bonds is 5. The summed E-state index contributed by atoms with van der Waals surface area (Å²) in [4.78, 5) is 0.604. The summed E-state index contributed by atoms with van der Waals surface area (Å²) in [6.45, 7) is 3.34. The summed E-state index contributed by atoms with van der Waals surface area (Å²) in [6.07, 6.45) is 2.27. The first-order valence-corrected chi connectivity index (χ1v) is 8.48. The van der Waals surface area contributed by atoms with Gasteiger partial charge in [0.25, 0.3) is 10.0 Å². The Bertz CT molecular complexity index is 716. The van der Waals surface area contributed by atoms with Gasteiger partial charge >= 0.3 is 0 Å². The second kappa shape index (κ2) is 5.55. The summed E-state index contributed by atoms with van der Waals surface area (Å²) in [5, 5.41) is 15.2. The van der Waals surface area contributed by atoms with Crippen LogP contribution in [0.3, 0.4) is 0 Å². The lowest BCUT2D eigenvalue weighted by Gasteiger charge is -2.08. The van der Waals surface area contributed by atoms with Crippen LogP contribution in [0, 0.1) is 6.92 Å². The Labute approximate surface area is 122 Å². The van der Waals surface area contributed by atoms with Crippen molar-refractivity contribution in [3.05, 3.63) is 27.7 Å². The fraction of sp³-hybridized carbons (Fsp3) is 0.417. The van der Waals surface area contributed by atoms with E-state index in [0.717, 1.165) is 0 Å². The Morgan fingerprint density at radius 2 is 2.20 bits per heavy atom.